The number of halogens is 1. The van der Waals surface area contributed by atoms with Crippen LogP contribution in [0.4, 0.5) is 0 Å². The average molecular weight is 361 g/mol. The number of β-amino-alcohol motifs (C(OH)–C–C–N with tert-alkyl or cyclic N) is 1. The van der Waals surface area contributed by atoms with Gasteiger partial charge < -0.3 is 20.8 Å². The summed E-state index contributed by atoms with van der Waals surface area (Å²) >= 11 is 5.93. The van der Waals surface area contributed by atoms with Crippen LogP contribution in [0.15, 0.2) is 42.5 Å². The third-order valence-electron chi connectivity index (χ3n) is 4.46. The maximum atomic E-state index is 12.3. The average Bonchev–Trinajstić information content (AvgIpc) is 2.63. The molecular formula is C19H21ClN2O3. The number of rotatable bonds is 4. The maximum Gasteiger partial charge on any atom is 0.251 e. The molecule has 2 aromatic carbocycles. The normalized spacial score (nSPS) is 20.2. The van der Waals surface area contributed by atoms with Crippen LogP contribution in [0.3, 0.4) is 0 Å². The predicted octanol–water partition coefficient (Wildman–Crippen LogP) is 2.56. The van der Waals surface area contributed by atoms with Crippen molar-refractivity contribution in [1.82, 2.24) is 10.6 Å². The molecule has 0 bridgehead atoms. The highest BCUT2D eigenvalue weighted by atomic mass is 35.5. The molecule has 1 heterocycles. The molecule has 1 amide bonds. The van der Waals surface area contributed by atoms with Gasteiger partial charge in [0.05, 0.1) is 10.6 Å². The summed E-state index contributed by atoms with van der Waals surface area (Å²) in [6, 6.07) is 12.1. The second-order valence-electron chi connectivity index (χ2n) is 6.43. The Kier molecular flexibility index (Phi) is 5.27. The zero-order valence-electron chi connectivity index (χ0n) is 13.8. The summed E-state index contributed by atoms with van der Waals surface area (Å²) in [4.78, 5) is 12.3. The number of aliphatic hydroxyl groups is 1. The highest BCUT2D eigenvalue weighted by Crippen LogP contribution is 2.29. The van der Waals surface area contributed by atoms with Crippen molar-refractivity contribution >= 4 is 17.5 Å². The van der Waals surface area contributed by atoms with E-state index in [1.807, 2.05) is 12.1 Å². The number of aromatic hydroxyl groups is 1. The first-order valence-corrected chi connectivity index (χ1v) is 8.65. The number of hydrogen-bond donors (Lipinski definition) is 4. The van der Waals surface area contributed by atoms with Gasteiger partial charge in [0.1, 0.15) is 5.75 Å². The van der Waals surface area contributed by atoms with Crippen molar-refractivity contribution in [3.05, 3.63) is 53.1 Å². The van der Waals surface area contributed by atoms with E-state index >= 15 is 0 Å². The fourth-order valence-corrected chi connectivity index (χ4v) is 3.13. The highest BCUT2D eigenvalue weighted by Gasteiger charge is 2.29. The summed E-state index contributed by atoms with van der Waals surface area (Å²) in [6.45, 7) is 1.63. The minimum absolute atomic E-state index is 0.0385. The van der Waals surface area contributed by atoms with E-state index < -0.39 is 5.60 Å². The van der Waals surface area contributed by atoms with E-state index in [1.165, 1.54) is 6.07 Å². The highest BCUT2D eigenvalue weighted by molar-refractivity contribution is 6.32. The van der Waals surface area contributed by atoms with Gasteiger partial charge in [0.15, 0.2) is 0 Å². The minimum Gasteiger partial charge on any atom is -0.506 e. The smallest absolute Gasteiger partial charge is 0.251 e. The molecule has 3 rings (SSSR count). The Hall–Kier alpha value is -2.08. The van der Waals surface area contributed by atoms with Crippen molar-refractivity contribution < 1.29 is 15.0 Å². The molecule has 1 saturated heterocycles. The first-order valence-electron chi connectivity index (χ1n) is 8.27. The second-order valence-corrected chi connectivity index (χ2v) is 6.84. The zero-order chi connectivity index (χ0) is 17.9. The third-order valence-corrected chi connectivity index (χ3v) is 4.76. The van der Waals surface area contributed by atoms with Gasteiger partial charge in [0.2, 0.25) is 0 Å². The molecule has 1 aliphatic rings. The van der Waals surface area contributed by atoms with Crippen molar-refractivity contribution in [2.45, 2.75) is 18.4 Å². The van der Waals surface area contributed by atoms with Crippen LogP contribution < -0.4 is 10.6 Å². The molecule has 0 spiro atoms. The number of phenolic OH excluding ortho intramolecular Hbond substituents is 1. The van der Waals surface area contributed by atoms with Crippen LogP contribution in [-0.2, 0) is 0 Å². The van der Waals surface area contributed by atoms with Crippen LogP contribution in [0.5, 0.6) is 5.75 Å². The lowest BCUT2D eigenvalue weighted by Crippen LogP contribution is -2.52. The van der Waals surface area contributed by atoms with Crippen LogP contribution >= 0.6 is 11.6 Å². The first kappa shape index (κ1) is 17.7. The fourth-order valence-electron chi connectivity index (χ4n) is 2.95. The molecule has 0 aromatic heterocycles. The molecule has 132 valence electrons. The van der Waals surface area contributed by atoms with Crippen molar-refractivity contribution in [1.29, 1.82) is 0 Å². The van der Waals surface area contributed by atoms with Crippen LogP contribution in [-0.4, -0.2) is 41.4 Å². The van der Waals surface area contributed by atoms with Crippen LogP contribution in [0.1, 0.15) is 23.2 Å². The molecule has 1 aliphatic heterocycles. The predicted molar refractivity (Wildman–Crippen MR) is 97.9 cm³/mol. The van der Waals surface area contributed by atoms with Crippen LogP contribution in [0.25, 0.3) is 11.1 Å². The molecule has 2 aromatic rings. The summed E-state index contributed by atoms with van der Waals surface area (Å²) in [7, 11) is 0. The topological polar surface area (TPSA) is 81.6 Å². The summed E-state index contributed by atoms with van der Waals surface area (Å²) in [5.74, 6) is -0.175. The van der Waals surface area contributed by atoms with E-state index in [-0.39, 0.29) is 23.2 Å². The van der Waals surface area contributed by atoms with E-state index in [4.69, 9.17) is 11.6 Å². The zero-order valence-corrected chi connectivity index (χ0v) is 14.5. The van der Waals surface area contributed by atoms with E-state index in [0.29, 0.717) is 18.5 Å². The number of phenols is 1. The van der Waals surface area contributed by atoms with Gasteiger partial charge in [0.25, 0.3) is 5.91 Å². The van der Waals surface area contributed by atoms with E-state index in [2.05, 4.69) is 10.6 Å². The number of amides is 1. The molecule has 0 aliphatic carbocycles. The Morgan fingerprint density at radius 1 is 1.20 bits per heavy atom. The van der Waals surface area contributed by atoms with E-state index in [0.717, 1.165) is 24.1 Å². The lowest BCUT2D eigenvalue weighted by atomic mass is 9.94. The van der Waals surface area contributed by atoms with Gasteiger partial charge in [-0.1, -0.05) is 29.8 Å². The number of hydrogen-bond acceptors (Lipinski definition) is 4. The van der Waals surface area contributed by atoms with Crippen LogP contribution in [0.2, 0.25) is 5.02 Å². The summed E-state index contributed by atoms with van der Waals surface area (Å²) < 4.78 is 0. The second kappa shape index (κ2) is 7.44. The summed E-state index contributed by atoms with van der Waals surface area (Å²) in [5, 5.41) is 26.1. The summed E-state index contributed by atoms with van der Waals surface area (Å²) in [6.07, 6.45) is 1.58. The quantitative estimate of drug-likeness (QED) is 0.675. The fraction of sp³-hybridized carbons (Fsp3) is 0.316. The number of carbonyl (C=O) groups excluding carboxylic acids is 1. The Labute approximate surface area is 151 Å². The minimum atomic E-state index is -0.878. The van der Waals surface area contributed by atoms with Crippen molar-refractivity contribution in [3.8, 4) is 16.9 Å². The van der Waals surface area contributed by atoms with Gasteiger partial charge in [-0.2, -0.15) is 0 Å². The van der Waals surface area contributed by atoms with Crippen molar-refractivity contribution in [2.75, 3.05) is 19.6 Å². The molecule has 25 heavy (non-hydrogen) atoms. The molecular weight excluding hydrogens is 340 g/mol. The van der Waals surface area contributed by atoms with Gasteiger partial charge >= 0.3 is 0 Å². The molecule has 1 fully saturated rings. The van der Waals surface area contributed by atoms with E-state index in [9.17, 15) is 15.0 Å². The van der Waals surface area contributed by atoms with Gasteiger partial charge in [-0.3, -0.25) is 4.79 Å². The molecule has 0 unspecified atom stereocenters. The monoisotopic (exact) mass is 360 g/mol. The van der Waals surface area contributed by atoms with E-state index in [1.54, 1.807) is 24.3 Å². The van der Waals surface area contributed by atoms with Gasteiger partial charge in [-0.15, -0.1) is 0 Å². The molecule has 6 heteroatoms. The maximum absolute atomic E-state index is 12.3. The largest absolute Gasteiger partial charge is 0.506 e. The SMILES string of the molecule is O=C(NC[C@@]1(O)CCCNC1)c1ccc(-c2ccc(O)c(Cl)c2)cc1. The van der Waals surface area contributed by atoms with Crippen molar-refractivity contribution in [3.63, 3.8) is 0 Å². The first-order chi connectivity index (χ1) is 12.0. The lowest BCUT2D eigenvalue weighted by molar-refractivity contribution is 0.0170. The Morgan fingerprint density at radius 2 is 1.92 bits per heavy atom. The lowest BCUT2D eigenvalue weighted by Gasteiger charge is -2.32. The van der Waals surface area contributed by atoms with Crippen molar-refractivity contribution in [2.24, 2.45) is 0 Å². The Morgan fingerprint density at radius 3 is 2.56 bits per heavy atom. The number of piperidine rings is 1. The summed E-state index contributed by atoms with van der Waals surface area (Å²) in [5.41, 5.74) is 1.41. The number of nitrogens with one attached hydrogen (secondary N) is 2. The number of benzene rings is 2. The molecule has 5 nitrogen and oxygen atoms in total. The molecule has 0 radical (unpaired) electrons. The van der Waals surface area contributed by atoms with Gasteiger partial charge in [0, 0.05) is 18.7 Å². The molecule has 1 atom stereocenters. The van der Waals surface area contributed by atoms with Gasteiger partial charge in [-0.05, 0) is 54.8 Å². The molecule has 4 N–H and O–H groups in total. The molecule has 0 saturated carbocycles. The van der Waals surface area contributed by atoms with Gasteiger partial charge in [-0.25, -0.2) is 0 Å². The Bertz CT molecular complexity index is 756. The standard InChI is InChI=1S/C19H21ClN2O3/c20-16-10-15(6-7-17(16)23)13-2-4-14(5-3-13)18(24)22-12-19(25)8-1-9-21-11-19/h2-7,10,21,23,25H,1,8-9,11-12H2,(H,22,24)/t19-/m1/s1. The Balaban J connectivity index is 1.65. The number of carbonyl (C=O) groups is 1. The van der Waals surface area contributed by atoms with Crippen LogP contribution in [0, 0.1) is 0 Å². The third kappa shape index (κ3) is 4.31.